The molecule has 0 amide bonds. The summed E-state index contributed by atoms with van der Waals surface area (Å²) >= 11 is 0. The van der Waals surface area contributed by atoms with Crippen molar-refractivity contribution in [2.75, 3.05) is 13.2 Å². The largest absolute Gasteiger partial charge is 0.507 e. The Hall–Kier alpha value is -1.06. The monoisotopic (exact) mass is 182 g/mol. The van der Waals surface area contributed by atoms with Gasteiger partial charge in [-0.25, -0.2) is 0 Å². The van der Waals surface area contributed by atoms with Crippen molar-refractivity contribution in [1.82, 2.24) is 0 Å². The first-order valence-corrected chi connectivity index (χ1v) is 4.19. The number of allylic oxidation sites excluding steroid dienone is 2. The molecule has 0 saturated carbocycles. The lowest BCUT2D eigenvalue weighted by Crippen LogP contribution is -2.00. The topological polar surface area (TPSA) is 60.7 Å². The molecule has 0 heterocycles. The molecule has 0 fully saturated rings. The smallest absolute Gasteiger partial charge is 0.126 e. The normalized spacial score (nSPS) is 18.1. The minimum absolute atomic E-state index is 0.00171. The van der Waals surface area contributed by atoms with Crippen LogP contribution < -0.4 is 0 Å². The highest BCUT2D eigenvalue weighted by molar-refractivity contribution is 5.40. The van der Waals surface area contributed by atoms with Gasteiger partial charge in [-0.05, 0) is 13.3 Å². The number of aliphatic hydroxyl groups is 3. The standard InChI is InChI=1S/C10H14O3/c1-7-2-3-8(5-11)10(13)9(4-7)6-12/h3-4,11-13H,2,5-6H2,1H3. The van der Waals surface area contributed by atoms with Crippen molar-refractivity contribution < 1.29 is 15.3 Å². The van der Waals surface area contributed by atoms with E-state index >= 15 is 0 Å². The second-order valence-corrected chi connectivity index (χ2v) is 3.11. The Bertz CT molecular complexity index is 285. The molecule has 0 aliphatic heterocycles. The van der Waals surface area contributed by atoms with Crippen molar-refractivity contribution in [2.24, 2.45) is 0 Å². The van der Waals surface area contributed by atoms with Crippen LogP contribution in [0.1, 0.15) is 13.3 Å². The molecule has 3 N–H and O–H groups in total. The van der Waals surface area contributed by atoms with Crippen LogP contribution in [0.5, 0.6) is 0 Å². The summed E-state index contributed by atoms with van der Waals surface area (Å²) in [5.41, 5.74) is 2.01. The Kier molecular flexibility index (Phi) is 3.28. The van der Waals surface area contributed by atoms with E-state index in [1.54, 1.807) is 12.2 Å². The van der Waals surface area contributed by atoms with Crippen molar-refractivity contribution in [2.45, 2.75) is 13.3 Å². The van der Waals surface area contributed by atoms with Crippen molar-refractivity contribution in [3.05, 3.63) is 34.6 Å². The molecular weight excluding hydrogens is 168 g/mol. The van der Waals surface area contributed by atoms with Gasteiger partial charge in [0, 0.05) is 11.1 Å². The summed E-state index contributed by atoms with van der Waals surface area (Å²) in [6.45, 7) is 1.51. The lowest BCUT2D eigenvalue weighted by atomic mass is 10.1. The molecule has 1 rings (SSSR count). The van der Waals surface area contributed by atoms with Crippen LogP contribution in [0.25, 0.3) is 0 Å². The van der Waals surface area contributed by atoms with Gasteiger partial charge >= 0.3 is 0 Å². The number of aliphatic hydroxyl groups excluding tert-OH is 3. The quantitative estimate of drug-likeness (QED) is 0.598. The molecular formula is C10H14O3. The summed E-state index contributed by atoms with van der Waals surface area (Å²) in [5, 5.41) is 27.4. The van der Waals surface area contributed by atoms with Crippen LogP contribution in [0.3, 0.4) is 0 Å². The van der Waals surface area contributed by atoms with Crippen LogP contribution in [0, 0.1) is 0 Å². The fraction of sp³-hybridized carbons (Fsp3) is 0.400. The van der Waals surface area contributed by atoms with E-state index in [0.29, 0.717) is 17.6 Å². The van der Waals surface area contributed by atoms with Crippen LogP contribution in [-0.2, 0) is 0 Å². The summed E-state index contributed by atoms with van der Waals surface area (Å²) < 4.78 is 0. The van der Waals surface area contributed by atoms with Gasteiger partial charge in [0.15, 0.2) is 0 Å². The van der Waals surface area contributed by atoms with E-state index in [2.05, 4.69) is 0 Å². The van der Waals surface area contributed by atoms with E-state index in [1.807, 2.05) is 6.92 Å². The van der Waals surface area contributed by atoms with Gasteiger partial charge < -0.3 is 15.3 Å². The maximum atomic E-state index is 9.57. The van der Waals surface area contributed by atoms with E-state index in [1.165, 1.54) is 0 Å². The third-order valence-electron chi connectivity index (χ3n) is 2.04. The molecule has 0 unspecified atom stereocenters. The van der Waals surface area contributed by atoms with Gasteiger partial charge in [-0.2, -0.15) is 0 Å². The van der Waals surface area contributed by atoms with E-state index in [9.17, 15) is 5.11 Å². The van der Waals surface area contributed by atoms with Crippen LogP contribution in [-0.4, -0.2) is 28.5 Å². The van der Waals surface area contributed by atoms with E-state index in [0.717, 1.165) is 5.57 Å². The average Bonchev–Trinajstić information content (AvgIpc) is 2.26. The van der Waals surface area contributed by atoms with Crippen LogP contribution in [0.2, 0.25) is 0 Å². The molecule has 72 valence electrons. The fourth-order valence-electron chi connectivity index (χ4n) is 1.27. The first-order valence-electron chi connectivity index (χ1n) is 4.19. The van der Waals surface area contributed by atoms with Gasteiger partial charge in [-0.15, -0.1) is 0 Å². The predicted octanol–water partition coefficient (Wildman–Crippen LogP) is 1.06. The first kappa shape index (κ1) is 10.0. The molecule has 0 aromatic rings. The van der Waals surface area contributed by atoms with Crippen LogP contribution in [0.15, 0.2) is 34.6 Å². The summed E-state index contributed by atoms with van der Waals surface area (Å²) in [7, 11) is 0. The zero-order valence-electron chi connectivity index (χ0n) is 7.62. The molecule has 1 aliphatic carbocycles. The Morgan fingerprint density at radius 1 is 1.31 bits per heavy atom. The Morgan fingerprint density at radius 3 is 2.54 bits per heavy atom. The van der Waals surface area contributed by atoms with Crippen LogP contribution in [0.4, 0.5) is 0 Å². The van der Waals surface area contributed by atoms with Gasteiger partial charge in [0.1, 0.15) is 5.76 Å². The molecule has 0 atom stereocenters. The molecule has 0 saturated heterocycles. The highest BCUT2D eigenvalue weighted by Crippen LogP contribution is 2.20. The van der Waals surface area contributed by atoms with E-state index in [4.69, 9.17) is 10.2 Å². The lowest BCUT2D eigenvalue weighted by molar-refractivity contribution is 0.301. The molecule has 0 aromatic carbocycles. The maximum absolute atomic E-state index is 9.57. The van der Waals surface area contributed by atoms with E-state index in [-0.39, 0.29) is 19.0 Å². The molecule has 0 bridgehead atoms. The fourth-order valence-corrected chi connectivity index (χ4v) is 1.27. The van der Waals surface area contributed by atoms with Gasteiger partial charge in [-0.1, -0.05) is 17.7 Å². The zero-order valence-corrected chi connectivity index (χ0v) is 7.62. The third kappa shape index (κ3) is 2.20. The summed E-state index contributed by atoms with van der Waals surface area (Å²) in [6, 6.07) is 0. The van der Waals surface area contributed by atoms with Crippen molar-refractivity contribution in [3.8, 4) is 0 Å². The summed E-state index contributed by atoms with van der Waals surface area (Å²) in [5.74, 6) is 0.00171. The first-order chi connectivity index (χ1) is 6.19. The molecule has 3 nitrogen and oxygen atoms in total. The van der Waals surface area contributed by atoms with Crippen molar-refractivity contribution in [3.63, 3.8) is 0 Å². The molecule has 0 spiro atoms. The Labute approximate surface area is 77.3 Å². The zero-order chi connectivity index (χ0) is 9.84. The molecule has 0 radical (unpaired) electrons. The minimum atomic E-state index is -0.208. The Morgan fingerprint density at radius 2 is 2.00 bits per heavy atom. The minimum Gasteiger partial charge on any atom is -0.507 e. The van der Waals surface area contributed by atoms with Crippen molar-refractivity contribution >= 4 is 0 Å². The van der Waals surface area contributed by atoms with Gasteiger partial charge in [0.25, 0.3) is 0 Å². The van der Waals surface area contributed by atoms with Crippen LogP contribution >= 0.6 is 0 Å². The lowest BCUT2D eigenvalue weighted by Gasteiger charge is -2.04. The second kappa shape index (κ2) is 4.25. The summed E-state index contributed by atoms with van der Waals surface area (Å²) in [6.07, 6.45) is 4.21. The number of rotatable bonds is 2. The molecule has 3 heteroatoms. The summed E-state index contributed by atoms with van der Waals surface area (Å²) in [4.78, 5) is 0. The van der Waals surface area contributed by atoms with Gasteiger partial charge in [0.2, 0.25) is 0 Å². The highest BCUT2D eigenvalue weighted by Gasteiger charge is 2.10. The SMILES string of the molecule is CC1=CC(CO)=C(O)C(CO)=CC1. The molecule has 13 heavy (non-hydrogen) atoms. The molecule has 1 aliphatic rings. The van der Waals surface area contributed by atoms with Gasteiger partial charge in [-0.3, -0.25) is 0 Å². The van der Waals surface area contributed by atoms with Crippen molar-refractivity contribution in [1.29, 1.82) is 0 Å². The van der Waals surface area contributed by atoms with E-state index < -0.39 is 0 Å². The second-order valence-electron chi connectivity index (χ2n) is 3.11. The maximum Gasteiger partial charge on any atom is 0.126 e. The number of hydrogen-bond donors (Lipinski definition) is 3. The molecule has 0 aromatic heterocycles. The average molecular weight is 182 g/mol. The predicted molar refractivity (Wildman–Crippen MR) is 50.3 cm³/mol. The van der Waals surface area contributed by atoms with Gasteiger partial charge in [0.05, 0.1) is 13.2 Å². The highest BCUT2D eigenvalue weighted by atomic mass is 16.3. The number of hydrogen-bond acceptors (Lipinski definition) is 3. The third-order valence-corrected chi connectivity index (χ3v) is 2.04. The Balaban J connectivity index is 3.08.